The number of nitrogens with zero attached hydrogens (tertiary/aromatic N) is 1. The smallest absolute Gasteiger partial charge is 0.191 e. The zero-order valence-electron chi connectivity index (χ0n) is 11.4. The molecule has 0 heterocycles. The van der Waals surface area contributed by atoms with E-state index in [0.717, 1.165) is 18.9 Å². The summed E-state index contributed by atoms with van der Waals surface area (Å²) in [6.07, 6.45) is 3.16. The van der Waals surface area contributed by atoms with E-state index in [1.54, 1.807) is 13.2 Å². The summed E-state index contributed by atoms with van der Waals surface area (Å²) in [7, 11) is 1.78. The third-order valence-corrected chi connectivity index (χ3v) is 3.50. The van der Waals surface area contributed by atoms with Crippen molar-refractivity contribution in [1.29, 1.82) is 0 Å². The van der Waals surface area contributed by atoms with Gasteiger partial charge < -0.3 is 15.4 Å². The minimum atomic E-state index is 0.152. The Hall–Kier alpha value is -1.03. The van der Waals surface area contributed by atoms with Gasteiger partial charge in [0, 0.05) is 25.1 Å². The van der Waals surface area contributed by atoms with Crippen molar-refractivity contribution in [1.82, 2.24) is 10.6 Å². The first-order chi connectivity index (χ1) is 8.06. The van der Waals surface area contributed by atoms with Crippen LogP contribution in [-0.4, -0.2) is 38.3 Å². The Morgan fingerprint density at radius 2 is 2.29 bits per heavy atom. The predicted octanol–water partition coefficient (Wildman–Crippen LogP) is 1.54. The first-order valence-electron chi connectivity index (χ1n) is 6.24. The maximum absolute atomic E-state index is 5.44. The van der Waals surface area contributed by atoms with Crippen molar-refractivity contribution < 1.29 is 4.74 Å². The highest BCUT2D eigenvalue weighted by molar-refractivity contribution is 5.80. The third-order valence-electron chi connectivity index (χ3n) is 3.50. The van der Waals surface area contributed by atoms with Gasteiger partial charge in [0.2, 0.25) is 0 Å². The summed E-state index contributed by atoms with van der Waals surface area (Å²) >= 11 is 0. The minimum Gasteiger partial charge on any atom is -0.381 e. The molecule has 0 aliphatic heterocycles. The summed E-state index contributed by atoms with van der Waals surface area (Å²) in [6.45, 7) is 11.7. The summed E-state index contributed by atoms with van der Waals surface area (Å²) in [5.41, 5.74) is 0.152. The number of methoxy groups -OCH3 is 1. The van der Waals surface area contributed by atoms with Gasteiger partial charge in [0.1, 0.15) is 0 Å². The van der Waals surface area contributed by atoms with E-state index in [4.69, 9.17) is 4.74 Å². The zero-order chi connectivity index (χ0) is 12.9. The molecule has 1 rings (SSSR count). The quantitative estimate of drug-likeness (QED) is 0.434. The molecule has 0 radical (unpaired) electrons. The van der Waals surface area contributed by atoms with Gasteiger partial charge >= 0.3 is 0 Å². The molecule has 1 fully saturated rings. The SMILES string of the molecule is C=CCN=C(NCC)NC1CC(OC)C1(C)C. The predicted molar refractivity (Wildman–Crippen MR) is 72.3 cm³/mol. The van der Waals surface area contributed by atoms with E-state index >= 15 is 0 Å². The van der Waals surface area contributed by atoms with Crippen LogP contribution in [0.1, 0.15) is 27.2 Å². The van der Waals surface area contributed by atoms with Gasteiger partial charge in [0.05, 0.1) is 12.6 Å². The Labute approximate surface area is 105 Å². The first kappa shape index (κ1) is 14.0. The van der Waals surface area contributed by atoms with Crippen LogP contribution in [0.2, 0.25) is 0 Å². The van der Waals surface area contributed by atoms with Crippen LogP contribution in [0, 0.1) is 5.41 Å². The lowest BCUT2D eigenvalue weighted by Crippen LogP contribution is -2.63. The van der Waals surface area contributed by atoms with E-state index in [2.05, 4.69) is 43.0 Å². The van der Waals surface area contributed by atoms with E-state index in [0.29, 0.717) is 18.7 Å². The van der Waals surface area contributed by atoms with Gasteiger partial charge in [-0.25, -0.2) is 4.99 Å². The lowest BCUT2D eigenvalue weighted by atomic mass is 9.64. The van der Waals surface area contributed by atoms with Crippen LogP contribution in [0.3, 0.4) is 0 Å². The van der Waals surface area contributed by atoms with Gasteiger partial charge in [-0.2, -0.15) is 0 Å². The average molecular weight is 239 g/mol. The standard InChI is InChI=1S/C13H25N3O/c1-6-8-15-12(14-7-2)16-10-9-11(17-5)13(10,3)4/h6,10-11H,1,7-9H2,2-5H3,(H2,14,15,16). The average Bonchev–Trinajstić information content (AvgIpc) is 2.30. The number of rotatable bonds is 5. The molecule has 0 saturated heterocycles. The van der Waals surface area contributed by atoms with E-state index < -0.39 is 0 Å². The molecule has 2 unspecified atom stereocenters. The molecule has 0 aromatic carbocycles. The van der Waals surface area contributed by atoms with Crippen molar-refractivity contribution >= 4 is 5.96 Å². The molecule has 2 N–H and O–H groups in total. The fraction of sp³-hybridized carbons (Fsp3) is 0.769. The Kier molecular flexibility index (Phi) is 5.00. The number of ether oxygens (including phenoxy) is 1. The van der Waals surface area contributed by atoms with Crippen LogP contribution in [-0.2, 0) is 4.74 Å². The number of hydrogen-bond acceptors (Lipinski definition) is 2. The number of guanidine groups is 1. The third kappa shape index (κ3) is 3.22. The fourth-order valence-corrected chi connectivity index (χ4v) is 2.17. The number of aliphatic imine (C=N–C) groups is 1. The highest BCUT2D eigenvalue weighted by Gasteiger charge is 2.48. The van der Waals surface area contributed by atoms with Crippen LogP contribution in [0.5, 0.6) is 0 Å². The molecule has 98 valence electrons. The van der Waals surface area contributed by atoms with Crippen LogP contribution < -0.4 is 10.6 Å². The Bertz CT molecular complexity index is 286. The largest absolute Gasteiger partial charge is 0.381 e. The second-order valence-corrected chi connectivity index (χ2v) is 4.99. The Balaban J connectivity index is 2.54. The minimum absolute atomic E-state index is 0.152. The van der Waals surface area contributed by atoms with Crippen LogP contribution in [0.15, 0.2) is 17.6 Å². The zero-order valence-corrected chi connectivity index (χ0v) is 11.4. The van der Waals surface area contributed by atoms with E-state index in [9.17, 15) is 0 Å². The molecule has 0 bridgehead atoms. The number of hydrogen-bond donors (Lipinski definition) is 2. The van der Waals surface area contributed by atoms with Gasteiger partial charge in [-0.15, -0.1) is 6.58 Å². The van der Waals surface area contributed by atoms with Crippen molar-refractivity contribution in [2.75, 3.05) is 20.2 Å². The highest BCUT2D eigenvalue weighted by Crippen LogP contribution is 2.42. The lowest BCUT2D eigenvalue weighted by molar-refractivity contribution is -0.0922. The maximum atomic E-state index is 5.44. The van der Waals surface area contributed by atoms with Crippen molar-refractivity contribution in [2.45, 2.75) is 39.3 Å². The highest BCUT2D eigenvalue weighted by atomic mass is 16.5. The van der Waals surface area contributed by atoms with Gasteiger partial charge in [-0.3, -0.25) is 0 Å². The molecular weight excluding hydrogens is 214 g/mol. The Morgan fingerprint density at radius 1 is 1.59 bits per heavy atom. The van der Waals surface area contributed by atoms with Crippen molar-refractivity contribution in [3.8, 4) is 0 Å². The topological polar surface area (TPSA) is 45.7 Å². The first-order valence-corrected chi connectivity index (χ1v) is 6.24. The molecular formula is C13H25N3O. The number of nitrogens with one attached hydrogen (secondary N) is 2. The molecule has 0 aromatic heterocycles. The molecule has 1 saturated carbocycles. The van der Waals surface area contributed by atoms with Gasteiger partial charge in [-0.1, -0.05) is 19.9 Å². The van der Waals surface area contributed by atoms with Gasteiger partial charge in [0.15, 0.2) is 5.96 Å². The van der Waals surface area contributed by atoms with Crippen LogP contribution in [0.25, 0.3) is 0 Å². The molecule has 1 aliphatic carbocycles. The molecule has 1 aliphatic rings. The molecule has 0 amide bonds. The summed E-state index contributed by atoms with van der Waals surface area (Å²) in [4.78, 5) is 4.41. The molecule has 0 aromatic rings. The fourth-order valence-electron chi connectivity index (χ4n) is 2.17. The molecule has 4 heteroatoms. The molecule has 17 heavy (non-hydrogen) atoms. The van der Waals surface area contributed by atoms with E-state index in [1.165, 1.54) is 0 Å². The normalized spacial score (nSPS) is 27.2. The Morgan fingerprint density at radius 3 is 2.76 bits per heavy atom. The molecule has 0 spiro atoms. The van der Waals surface area contributed by atoms with Gasteiger partial charge in [0.25, 0.3) is 0 Å². The summed E-state index contributed by atoms with van der Waals surface area (Å²) in [5.74, 6) is 0.861. The maximum Gasteiger partial charge on any atom is 0.191 e. The van der Waals surface area contributed by atoms with E-state index in [-0.39, 0.29) is 5.41 Å². The molecule has 4 nitrogen and oxygen atoms in total. The van der Waals surface area contributed by atoms with Crippen molar-refractivity contribution in [2.24, 2.45) is 10.4 Å². The monoisotopic (exact) mass is 239 g/mol. The lowest BCUT2D eigenvalue weighted by Gasteiger charge is -2.51. The summed E-state index contributed by atoms with van der Waals surface area (Å²) in [5, 5.41) is 6.69. The summed E-state index contributed by atoms with van der Waals surface area (Å²) < 4.78 is 5.44. The second-order valence-electron chi connectivity index (χ2n) is 4.99. The second kappa shape index (κ2) is 6.05. The van der Waals surface area contributed by atoms with Crippen LogP contribution in [0.4, 0.5) is 0 Å². The molecule has 2 atom stereocenters. The van der Waals surface area contributed by atoms with Crippen LogP contribution >= 0.6 is 0 Å². The van der Waals surface area contributed by atoms with Gasteiger partial charge in [-0.05, 0) is 13.3 Å². The van der Waals surface area contributed by atoms with Crippen molar-refractivity contribution in [3.05, 3.63) is 12.7 Å². The van der Waals surface area contributed by atoms with E-state index in [1.807, 2.05) is 0 Å². The summed E-state index contributed by atoms with van der Waals surface area (Å²) in [6, 6.07) is 0.412. The van der Waals surface area contributed by atoms with Crippen molar-refractivity contribution in [3.63, 3.8) is 0 Å².